The van der Waals surface area contributed by atoms with Crippen molar-refractivity contribution in [1.29, 1.82) is 0 Å². The van der Waals surface area contributed by atoms with Crippen molar-refractivity contribution in [2.75, 3.05) is 5.73 Å². The molecule has 0 radical (unpaired) electrons. The molecule has 0 fully saturated rings. The number of nitro benzene ring substituents is 1. The molecule has 2 rings (SSSR count). The van der Waals surface area contributed by atoms with E-state index < -0.39 is 10.8 Å². The first-order valence-corrected chi connectivity index (χ1v) is 5.99. The number of hydrazone groups is 1. The average Bonchev–Trinajstić information content (AvgIpc) is 2.47. The highest BCUT2D eigenvalue weighted by Gasteiger charge is 2.13. The van der Waals surface area contributed by atoms with Gasteiger partial charge in [0.05, 0.1) is 16.7 Å². The normalized spacial score (nSPS) is 10.5. The zero-order chi connectivity index (χ0) is 15.2. The summed E-state index contributed by atoms with van der Waals surface area (Å²) in [5, 5.41) is 14.5. The van der Waals surface area contributed by atoms with Crippen molar-refractivity contribution in [3.05, 3.63) is 69.8 Å². The lowest BCUT2D eigenvalue weighted by Gasteiger charge is -2.02. The first-order valence-electron chi connectivity index (χ1n) is 5.99. The molecule has 0 atom stereocenters. The molecule has 0 heterocycles. The highest BCUT2D eigenvalue weighted by molar-refractivity contribution is 5.96. The van der Waals surface area contributed by atoms with Crippen LogP contribution in [0.1, 0.15) is 15.9 Å². The Balaban J connectivity index is 2.10. The van der Waals surface area contributed by atoms with E-state index >= 15 is 0 Å². The Morgan fingerprint density at radius 3 is 2.62 bits per heavy atom. The Morgan fingerprint density at radius 1 is 1.24 bits per heavy atom. The van der Waals surface area contributed by atoms with E-state index in [1.165, 1.54) is 18.3 Å². The first kappa shape index (κ1) is 14.2. The fourth-order valence-electron chi connectivity index (χ4n) is 1.64. The van der Waals surface area contributed by atoms with Gasteiger partial charge in [-0.25, -0.2) is 5.43 Å². The first-order chi connectivity index (χ1) is 10.1. The second-order valence-corrected chi connectivity index (χ2v) is 4.18. The third-order valence-corrected chi connectivity index (χ3v) is 2.59. The standard InChI is InChI=1S/C14H12N4O3/c15-12-6-11(7-13(8-12)18(20)21)14(19)17-16-9-10-4-2-1-3-5-10/h1-9H,15H2,(H,17,19)/b16-9-. The molecule has 7 heteroatoms. The molecule has 0 saturated carbocycles. The molecule has 7 nitrogen and oxygen atoms in total. The molecular weight excluding hydrogens is 272 g/mol. The minimum absolute atomic E-state index is 0.0758. The van der Waals surface area contributed by atoms with Crippen LogP contribution in [0.15, 0.2) is 53.6 Å². The Hall–Kier alpha value is -3.22. The molecule has 2 aromatic carbocycles. The number of nitrogens with one attached hydrogen (secondary N) is 1. The lowest BCUT2D eigenvalue weighted by atomic mass is 10.1. The van der Waals surface area contributed by atoms with Crippen LogP contribution in [0.5, 0.6) is 0 Å². The van der Waals surface area contributed by atoms with Crippen molar-refractivity contribution >= 4 is 23.5 Å². The Morgan fingerprint density at radius 2 is 1.95 bits per heavy atom. The Bertz CT molecular complexity index is 699. The van der Waals surface area contributed by atoms with Crippen LogP contribution in [0.2, 0.25) is 0 Å². The van der Waals surface area contributed by atoms with Crippen LogP contribution >= 0.6 is 0 Å². The summed E-state index contributed by atoms with van der Waals surface area (Å²) in [6.45, 7) is 0. The van der Waals surface area contributed by atoms with Crippen molar-refractivity contribution in [3.63, 3.8) is 0 Å². The number of non-ortho nitro benzene ring substituents is 1. The summed E-state index contributed by atoms with van der Waals surface area (Å²) in [6, 6.07) is 12.9. The van der Waals surface area contributed by atoms with Crippen LogP contribution in [0, 0.1) is 10.1 Å². The van der Waals surface area contributed by atoms with Gasteiger partial charge in [0.25, 0.3) is 11.6 Å². The van der Waals surface area contributed by atoms with Gasteiger partial charge in [-0.2, -0.15) is 5.10 Å². The number of amides is 1. The number of hydrogen-bond donors (Lipinski definition) is 2. The molecule has 0 saturated heterocycles. The molecule has 0 bridgehead atoms. The molecule has 0 aliphatic carbocycles. The largest absolute Gasteiger partial charge is 0.399 e. The number of nitrogens with zero attached hydrogens (tertiary/aromatic N) is 2. The van der Waals surface area contributed by atoms with Crippen molar-refractivity contribution in [3.8, 4) is 0 Å². The van der Waals surface area contributed by atoms with Gasteiger partial charge < -0.3 is 5.73 Å². The number of nitrogens with two attached hydrogens (primary N) is 1. The van der Waals surface area contributed by atoms with Gasteiger partial charge in [0.2, 0.25) is 0 Å². The predicted octanol–water partition coefficient (Wildman–Crippen LogP) is 1.94. The van der Waals surface area contributed by atoms with Crippen molar-refractivity contribution in [1.82, 2.24) is 5.43 Å². The quantitative estimate of drug-likeness (QED) is 0.387. The minimum Gasteiger partial charge on any atom is -0.399 e. The summed E-state index contributed by atoms with van der Waals surface area (Å²) in [5.41, 5.74) is 8.61. The SMILES string of the molecule is Nc1cc(C(=O)N/N=C\c2ccccc2)cc([N+](=O)[O-])c1. The summed E-state index contributed by atoms with van der Waals surface area (Å²) in [5.74, 6) is -0.572. The number of carbonyl (C=O) groups is 1. The summed E-state index contributed by atoms with van der Waals surface area (Å²) >= 11 is 0. The number of nitro groups is 1. The fourth-order valence-corrected chi connectivity index (χ4v) is 1.64. The van der Waals surface area contributed by atoms with Crippen LogP contribution in [0.3, 0.4) is 0 Å². The van der Waals surface area contributed by atoms with Crippen molar-refractivity contribution in [2.45, 2.75) is 0 Å². The summed E-state index contributed by atoms with van der Waals surface area (Å²) in [4.78, 5) is 22.0. The molecule has 106 valence electrons. The number of nitrogen functional groups attached to an aromatic ring is 1. The molecule has 0 spiro atoms. The number of carbonyl (C=O) groups excluding carboxylic acids is 1. The van der Waals surface area contributed by atoms with Gasteiger partial charge in [0.15, 0.2) is 0 Å². The van der Waals surface area contributed by atoms with E-state index in [0.717, 1.165) is 11.6 Å². The maximum atomic E-state index is 11.9. The molecule has 0 unspecified atom stereocenters. The molecule has 0 aromatic heterocycles. The van der Waals surface area contributed by atoms with Crippen LogP contribution in [-0.4, -0.2) is 17.0 Å². The van der Waals surface area contributed by atoms with Gasteiger partial charge in [-0.3, -0.25) is 14.9 Å². The molecule has 0 aliphatic rings. The highest BCUT2D eigenvalue weighted by Crippen LogP contribution is 2.18. The van der Waals surface area contributed by atoms with Gasteiger partial charge >= 0.3 is 0 Å². The molecular formula is C14H12N4O3. The van der Waals surface area contributed by atoms with Crippen LogP contribution in [0.25, 0.3) is 0 Å². The molecule has 1 amide bonds. The second-order valence-electron chi connectivity index (χ2n) is 4.18. The van der Waals surface area contributed by atoms with E-state index in [1.54, 1.807) is 0 Å². The average molecular weight is 284 g/mol. The zero-order valence-electron chi connectivity index (χ0n) is 10.9. The van der Waals surface area contributed by atoms with E-state index in [4.69, 9.17) is 5.73 Å². The van der Waals surface area contributed by atoms with E-state index in [2.05, 4.69) is 10.5 Å². The third-order valence-electron chi connectivity index (χ3n) is 2.59. The molecule has 2 aromatic rings. The maximum absolute atomic E-state index is 11.9. The number of hydrogen-bond acceptors (Lipinski definition) is 5. The molecule has 21 heavy (non-hydrogen) atoms. The lowest BCUT2D eigenvalue weighted by molar-refractivity contribution is -0.384. The summed E-state index contributed by atoms with van der Waals surface area (Å²) in [6.07, 6.45) is 1.47. The zero-order valence-corrected chi connectivity index (χ0v) is 10.9. The van der Waals surface area contributed by atoms with Crippen molar-refractivity contribution < 1.29 is 9.72 Å². The topological polar surface area (TPSA) is 111 Å². The molecule has 3 N–H and O–H groups in total. The van der Waals surface area contributed by atoms with Crippen molar-refractivity contribution in [2.24, 2.45) is 5.10 Å². The van der Waals surface area contributed by atoms with E-state index in [9.17, 15) is 14.9 Å². The van der Waals surface area contributed by atoms with E-state index in [-0.39, 0.29) is 16.9 Å². The van der Waals surface area contributed by atoms with Crippen LogP contribution in [-0.2, 0) is 0 Å². The molecule has 0 aliphatic heterocycles. The second kappa shape index (κ2) is 6.29. The van der Waals surface area contributed by atoms with Gasteiger partial charge in [-0.1, -0.05) is 30.3 Å². The summed E-state index contributed by atoms with van der Waals surface area (Å²) < 4.78 is 0. The Labute approximate surface area is 120 Å². The summed E-state index contributed by atoms with van der Waals surface area (Å²) in [7, 11) is 0. The van der Waals surface area contributed by atoms with Gasteiger partial charge in [-0.05, 0) is 11.6 Å². The fraction of sp³-hybridized carbons (Fsp3) is 0. The van der Waals surface area contributed by atoms with E-state index in [1.807, 2.05) is 30.3 Å². The van der Waals surface area contributed by atoms with E-state index in [0.29, 0.717) is 0 Å². The van der Waals surface area contributed by atoms with Gasteiger partial charge in [0, 0.05) is 17.8 Å². The van der Waals surface area contributed by atoms with Crippen LogP contribution < -0.4 is 11.2 Å². The lowest BCUT2D eigenvalue weighted by Crippen LogP contribution is -2.18. The predicted molar refractivity (Wildman–Crippen MR) is 79.0 cm³/mol. The van der Waals surface area contributed by atoms with Gasteiger partial charge in [0.1, 0.15) is 0 Å². The number of anilines is 1. The third kappa shape index (κ3) is 3.87. The smallest absolute Gasteiger partial charge is 0.272 e. The minimum atomic E-state index is -0.611. The maximum Gasteiger partial charge on any atom is 0.272 e. The number of rotatable bonds is 4. The monoisotopic (exact) mass is 284 g/mol. The highest BCUT2D eigenvalue weighted by atomic mass is 16.6. The Kier molecular flexibility index (Phi) is 4.25. The van der Waals surface area contributed by atoms with Crippen LogP contribution in [0.4, 0.5) is 11.4 Å². The van der Waals surface area contributed by atoms with Gasteiger partial charge in [-0.15, -0.1) is 0 Å². The number of benzene rings is 2.